The third-order valence-corrected chi connectivity index (χ3v) is 5.54. The Hall–Kier alpha value is -3.35. The van der Waals surface area contributed by atoms with Gasteiger partial charge in [0.2, 0.25) is 5.89 Å². The maximum atomic E-state index is 5.65. The molecule has 0 atom stereocenters. The summed E-state index contributed by atoms with van der Waals surface area (Å²) in [7, 11) is 1.79. The number of nitrogens with zero attached hydrogens (tertiary/aromatic N) is 4. The predicted molar refractivity (Wildman–Crippen MR) is 124 cm³/mol. The van der Waals surface area contributed by atoms with Gasteiger partial charge in [0.15, 0.2) is 5.96 Å². The van der Waals surface area contributed by atoms with Crippen molar-refractivity contribution in [2.75, 3.05) is 25.0 Å². The van der Waals surface area contributed by atoms with Crippen LogP contribution in [-0.2, 0) is 6.54 Å². The van der Waals surface area contributed by atoms with Gasteiger partial charge in [-0.3, -0.25) is 4.99 Å². The molecule has 1 aromatic carbocycles. The van der Waals surface area contributed by atoms with E-state index in [4.69, 9.17) is 4.42 Å². The van der Waals surface area contributed by atoms with Crippen LogP contribution in [0, 0.1) is 13.8 Å². The van der Waals surface area contributed by atoms with Crippen LogP contribution in [0.5, 0.6) is 0 Å². The van der Waals surface area contributed by atoms with E-state index < -0.39 is 0 Å². The van der Waals surface area contributed by atoms with Gasteiger partial charge in [-0.2, -0.15) is 0 Å². The maximum Gasteiger partial charge on any atom is 0.226 e. The number of guanidine groups is 1. The number of rotatable bonds is 5. The van der Waals surface area contributed by atoms with E-state index in [2.05, 4.69) is 61.7 Å². The highest BCUT2D eigenvalue weighted by molar-refractivity contribution is 5.80. The largest absolute Gasteiger partial charge is 0.444 e. The zero-order valence-corrected chi connectivity index (χ0v) is 18.4. The molecule has 0 aliphatic carbocycles. The van der Waals surface area contributed by atoms with Crippen LogP contribution in [0.4, 0.5) is 5.82 Å². The van der Waals surface area contributed by atoms with Crippen LogP contribution in [0.2, 0.25) is 0 Å². The van der Waals surface area contributed by atoms with Crippen molar-refractivity contribution in [2.24, 2.45) is 4.99 Å². The Balaban J connectivity index is 1.26. The minimum Gasteiger partial charge on any atom is -0.444 e. The van der Waals surface area contributed by atoms with Gasteiger partial charge in [0, 0.05) is 37.4 Å². The minimum absolute atomic E-state index is 0.382. The summed E-state index contributed by atoms with van der Waals surface area (Å²) in [5.74, 6) is 2.49. The fourth-order valence-electron chi connectivity index (χ4n) is 3.74. The lowest BCUT2D eigenvalue weighted by molar-refractivity contribution is 0.459. The van der Waals surface area contributed by atoms with Crippen molar-refractivity contribution in [1.82, 2.24) is 20.6 Å². The van der Waals surface area contributed by atoms with Gasteiger partial charge in [-0.05, 0) is 51.0 Å². The molecular weight excluding hydrogens is 388 g/mol. The number of benzene rings is 1. The van der Waals surface area contributed by atoms with Crippen molar-refractivity contribution in [1.29, 1.82) is 0 Å². The molecule has 4 rings (SSSR count). The van der Waals surface area contributed by atoms with Gasteiger partial charge < -0.3 is 20.0 Å². The fourth-order valence-corrected chi connectivity index (χ4v) is 3.74. The topological polar surface area (TPSA) is 78.6 Å². The van der Waals surface area contributed by atoms with Gasteiger partial charge in [-0.25, -0.2) is 9.97 Å². The third kappa shape index (κ3) is 5.42. The molecule has 0 amide bonds. The van der Waals surface area contributed by atoms with E-state index in [1.165, 1.54) is 5.56 Å². The Morgan fingerprint density at radius 3 is 2.58 bits per heavy atom. The average molecular weight is 419 g/mol. The second-order valence-corrected chi connectivity index (χ2v) is 7.98. The van der Waals surface area contributed by atoms with Gasteiger partial charge in [-0.15, -0.1) is 0 Å². The number of piperidine rings is 1. The second-order valence-electron chi connectivity index (χ2n) is 7.98. The lowest BCUT2D eigenvalue weighted by atomic mass is 10.1. The molecule has 3 heterocycles. The lowest BCUT2D eigenvalue weighted by Gasteiger charge is -2.33. The number of aryl methyl sites for hydroxylation is 2. The zero-order valence-electron chi connectivity index (χ0n) is 18.4. The van der Waals surface area contributed by atoms with Crippen molar-refractivity contribution in [3.8, 4) is 11.5 Å². The van der Waals surface area contributed by atoms with Crippen LogP contribution in [-0.4, -0.2) is 42.1 Å². The summed E-state index contributed by atoms with van der Waals surface area (Å²) >= 11 is 0. The molecule has 2 aromatic heterocycles. The Bertz CT molecular complexity index is 1020. The molecule has 1 fully saturated rings. The molecule has 7 nitrogen and oxygen atoms in total. The molecule has 3 aromatic rings. The van der Waals surface area contributed by atoms with E-state index in [1.54, 1.807) is 13.3 Å². The van der Waals surface area contributed by atoms with E-state index in [0.717, 1.165) is 54.7 Å². The molecule has 0 bridgehead atoms. The summed E-state index contributed by atoms with van der Waals surface area (Å²) < 4.78 is 5.65. The monoisotopic (exact) mass is 418 g/mol. The first kappa shape index (κ1) is 20.9. The Kier molecular flexibility index (Phi) is 6.50. The molecular formula is C24H30N6O. The minimum atomic E-state index is 0.382. The van der Waals surface area contributed by atoms with Crippen LogP contribution < -0.4 is 15.5 Å². The van der Waals surface area contributed by atoms with Gasteiger partial charge in [0.05, 0.1) is 12.2 Å². The number of nitrogens with one attached hydrogen (secondary N) is 2. The number of pyridine rings is 1. The maximum absolute atomic E-state index is 5.65. The quantitative estimate of drug-likeness (QED) is 0.486. The summed E-state index contributed by atoms with van der Waals surface area (Å²) in [5, 5.41) is 6.89. The Morgan fingerprint density at radius 1 is 1.10 bits per heavy atom. The number of aliphatic imine (C=N–C) groups is 1. The number of anilines is 1. The van der Waals surface area contributed by atoms with E-state index in [9.17, 15) is 0 Å². The zero-order chi connectivity index (χ0) is 21.6. The summed E-state index contributed by atoms with van der Waals surface area (Å²) in [5.41, 5.74) is 4.10. The molecule has 2 N–H and O–H groups in total. The van der Waals surface area contributed by atoms with E-state index in [0.29, 0.717) is 18.5 Å². The normalized spacial score (nSPS) is 15.2. The van der Waals surface area contributed by atoms with E-state index >= 15 is 0 Å². The highest BCUT2D eigenvalue weighted by atomic mass is 16.3. The van der Waals surface area contributed by atoms with Crippen molar-refractivity contribution < 1.29 is 4.42 Å². The number of hydrogen-bond acceptors (Lipinski definition) is 5. The van der Waals surface area contributed by atoms with Crippen molar-refractivity contribution >= 4 is 11.8 Å². The summed E-state index contributed by atoms with van der Waals surface area (Å²) in [4.78, 5) is 16.0. The molecule has 0 unspecified atom stereocenters. The van der Waals surface area contributed by atoms with Crippen LogP contribution in [0.1, 0.15) is 29.8 Å². The Labute approximate surface area is 183 Å². The first-order valence-electron chi connectivity index (χ1n) is 10.8. The highest BCUT2D eigenvalue weighted by Crippen LogP contribution is 2.20. The highest BCUT2D eigenvalue weighted by Gasteiger charge is 2.21. The summed E-state index contributed by atoms with van der Waals surface area (Å²) in [6, 6.07) is 14.7. The standard InChI is InChI=1S/C24H30N6O/c1-17-7-9-19(10-8-17)23-28-21(16-31-23)15-26-24(25-3)29-20-11-13-30(14-12-20)22-6-4-5-18(2)27-22/h4-10,16,20H,11-15H2,1-3H3,(H2,25,26,29). The number of hydrogen-bond donors (Lipinski definition) is 2. The number of aromatic nitrogens is 2. The summed E-state index contributed by atoms with van der Waals surface area (Å²) in [6.07, 6.45) is 3.78. The Morgan fingerprint density at radius 2 is 1.87 bits per heavy atom. The predicted octanol–water partition coefficient (Wildman–Crippen LogP) is 3.69. The SMILES string of the molecule is CN=C(NCc1coc(-c2ccc(C)cc2)n1)NC1CCN(c2cccc(C)n2)CC1. The van der Waals surface area contributed by atoms with Crippen LogP contribution in [0.3, 0.4) is 0 Å². The second kappa shape index (κ2) is 9.64. The smallest absolute Gasteiger partial charge is 0.226 e. The molecule has 162 valence electrons. The first-order valence-corrected chi connectivity index (χ1v) is 10.8. The molecule has 7 heteroatoms. The lowest BCUT2D eigenvalue weighted by Crippen LogP contribution is -2.48. The van der Waals surface area contributed by atoms with Crippen molar-refractivity contribution in [3.05, 3.63) is 65.7 Å². The van der Waals surface area contributed by atoms with Crippen LogP contribution in [0.15, 0.2) is 58.1 Å². The third-order valence-electron chi connectivity index (χ3n) is 5.54. The van der Waals surface area contributed by atoms with Gasteiger partial charge >= 0.3 is 0 Å². The first-order chi connectivity index (χ1) is 15.1. The van der Waals surface area contributed by atoms with E-state index in [1.807, 2.05) is 25.1 Å². The molecule has 0 spiro atoms. The average Bonchev–Trinajstić information content (AvgIpc) is 3.26. The van der Waals surface area contributed by atoms with Crippen molar-refractivity contribution in [3.63, 3.8) is 0 Å². The number of oxazole rings is 1. The molecule has 31 heavy (non-hydrogen) atoms. The van der Waals surface area contributed by atoms with E-state index in [-0.39, 0.29) is 0 Å². The van der Waals surface area contributed by atoms with Crippen LogP contribution in [0.25, 0.3) is 11.5 Å². The molecule has 1 aliphatic rings. The molecule has 0 radical (unpaired) electrons. The molecule has 1 aliphatic heterocycles. The molecule has 1 saturated heterocycles. The summed E-state index contributed by atoms with van der Waals surface area (Å²) in [6.45, 7) is 6.62. The van der Waals surface area contributed by atoms with Crippen LogP contribution >= 0.6 is 0 Å². The van der Waals surface area contributed by atoms with Crippen molar-refractivity contribution in [2.45, 2.75) is 39.3 Å². The van der Waals surface area contributed by atoms with Gasteiger partial charge in [0.25, 0.3) is 0 Å². The fraction of sp³-hybridized carbons (Fsp3) is 0.375. The van der Waals surface area contributed by atoms with Gasteiger partial charge in [0.1, 0.15) is 12.1 Å². The van der Waals surface area contributed by atoms with Gasteiger partial charge in [-0.1, -0.05) is 23.8 Å². The molecule has 0 saturated carbocycles.